The van der Waals surface area contributed by atoms with Gasteiger partial charge in [0.05, 0.1) is 16.0 Å². The lowest BCUT2D eigenvalue weighted by Crippen LogP contribution is -2.33. The molecule has 2 N–H and O–H groups in total. The number of aromatic carboxylic acids is 1. The third kappa shape index (κ3) is 4.52. The van der Waals surface area contributed by atoms with Gasteiger partial charge >= 0.3 is 5.97 Å². The van der Waals surface area contributed by atoms with Gasteiger partial charge in [0.15, 0.2) is 5.69 Å². The summed E-state index contributed by atoms with van der Waals surface area (Å²) in [7, 11) is -3.77. The number of nitrogens with one attached hydrogen (secondary N) is 1. The molecule has 0 saturated heterocycles. The lowest BCUT2D eigenvalue weighted by Gasteiger charge is -2.21. The van der Waals surface area contributed by atoms with Gasteiger partial charge in [-0.3, -0.25) is 4.72 Å². The molecule has 29 heavy (non-hydrogen) atoms. The van der Waals surface area contributed by atoms with Crippen LogP contribution in [0.25, 0.3) is 10.9 Å². The molecule has 3 aromatic rings. The number of aromatic nitrogens is 2. The van der Waals surface area contributed by atoms with Crippen molar-refractivity contribution in [3.63, 3.8) is 0 Å². The molecule has 0 bridgehead atoms. The van der Waals surface area contributed by atoms with E-state index in [1.807, 2.05) is 6.07 Å². The number of anilines is 1. The number of carbonyl (C=O) groups is 1. The summed E-state index contributed by atoms with van der Waals surface area (Å²) in [6, 6.07) is 11.6. The zero-order valence-electron chi connectivity index (χ0n) is 16.1. The lowest BCUT2D eigenvalue weighted by atomic mass is 10.1. The molecule has 8 heteroatoms. The van der Waals surface area contributed by atoms with Crippen molar-refractivity contribution in [2.75, 3.05) is 4.72 Å². The van der Waals surface area contributed by atoms with Crippen molar-refractivity contribution in [2.24, 2.45) is 0 Å². The molecule has 2 aromatic heterocycles. The molecule has 0 atom stereocenters. The molecule has 1 aromatic carbocycles. The summed E-state index contributed by atoms with van der Waals surface area (Å²) in [4.78, 5) is 19.6. The molecule has 0 unspecified atom stereocenters. The first kappa shape index (κ1) is 20.3. The van der Waals surface area contributed by atoms with E-state index in [1.165, 1.54) is 6.07 Å². The predicted octanol–water partition coefficient (Wildman–Crippen LogP) is 3.27. The van der Waals surface area contributed by atoms with Crippen LogP contribution in [0.1, 0.15) is 42.5 Å². The highest BCUT2D eigenvalue weighted by atomic mass is 32.2. The van der Waals surface area contributed by atoms with Crippen LogP contribution in [-0.2, 0) is 10.0 Å². The molecule has 0 aliphatic heterocycles. The average molecular weight is 409 g/mol. The van der Waals surface area contributed by atoms with Crippen molar-refractivity contribution in [1.82, 2.24) is 9.97 Å². The molecule has 0 radical (unpaired) electrons. The maximum Gasteiger partial charge on any atom is 0.354 e. The summed E-state index contributed by atoms with van der Waals surface area (Å²) in [5, 5.41) is 9.78. The van der Waals surface area contributed by atoms with E-state index in [0.717, 1.165) is 0 Å². The molecule has 148 valence electrons. The molecule has 0 saturated carbocycles. The van der Waals surface area contributed by atoms with E-state index in [4.69, 9.17) is 0 Å². The van der Waals surface area contributed by atoms with E-state index >= 15 is 0 Å². The monoisotopic (exact) mass is 409 g/mol. The van der Waals surface area contributed by atoms with Crippen molar-refractivity contribution in [3.05, 3.63) is 65.6 Å². The number of sulfonamides is 1. The summed E-state index contributed by atoms with van der Waals surface area (Å²) in [5.74, 6) is 4.66. The Morgan fingerprint density at radius 3 is 2.48 bits per heavy atom. The minimum Gasteiger partial charge on any atom is -0.477 e. The van der Waals surface area contributed by atoms with E-state index < -0.39 is 20.7 Å². The lowest BCUT2D eigenvalue weighted by molar-refractivity contribution is 0.0691. The molecular weight excluding hydrogens is 390 g/mol. The number of fused-ring (bicyclic) bond motifs is 1. The van der Waals surface area contributed by atoms with Gasteiger partial charge in [0, 0.05) is 17.1 Å². The Hall–Kier alpha value is -3.44. The first-order valence-electron chi connectivity index (χ1n) is 8.70. The predicted molar refractivity (Wildman–Crippen MR) is 111 cm³/mol. The van der Waals surface area contributed by atoms with Crippen molar-refractivity contribution in [1.29, 1.82) is 0 Å². The highest BCUT2D eigenvalue weighted by Crippen LogP contribution is 2.28. The van der Waals surface area contributed by atoms with E-state index in [1.54, 1.807) is 57.3 Å². The van der Waals surface area contributed by atoms with Crippen LogP contribution < -0.4 is 4.72 Å². The number of benzene rings is 1. The molecule has 3 rings (SSSR count). The maximum atomic E-state index is 12.6. The van der Waals surface area contributed by atoms with Gasteiger partial charge in [0.1, 0.15) is 5.69 Å². The molecule has 0 spiro atoms. The highest BCUT2D eigenvalue weighted by molar-refractivity contribution is 7.94. The number of hydrogen-bond acceptors (Lipinski definition) is 5. The Balaban J connectivity index is 2.14. The zero-order chi connectivity index (χ0) is 21.2. The number of carboxylic acids is 1. The van der Waals surface area contributed by atoms with Gasteiger partial charge in [-0.1, -0.05) is 12.0 Å². The normalized spacial score (nSPS) is 11.6. The van der Waals surface area contributed by atoms with Crippen molar-refractivity contribution in [2.45, 2.75) is 25.5 Å². The number of rotatable bonds is 3. The van der Waals surface area contributed by atoms with Crippen LogP contribution in [-0.4, -0.2) is 34.2 Å². The molecule has 7 nitrogen and oxygen atoms in total. The van der Waals surface area contributed by atoms with Gasteiger partial charge in [0.2, 0.25) is 10.0 Å². The SMILES string of the molecule is CC(C)(C)S(=O)(=O)Nc1cc(C(=O)O)nc2ccc(C#Cc3ccccn3)cc12. The minimum absolute atomic E-state index is 0.142. The number of hydrogen-bond donors (Lipinski definition) is 2. The topological polar surface area (TPSA) is 109 Å². The fourth-order valence-corrected chi connectivity index (χ4v) is 3.13. The number of pyridine rings is 2. The highest BCUT2D eigenvalue weighted by Gasteiger charge is 2.29. The Labute approximate surface area is 168 Å². The first-order chi connectivity index (χ1) is 13.6. The second-order valence-electron chi connectivity index (χ2n) is 7.27. The van der Waals surface area contributed by atoms with Crippen LogP contribution >= 0.6 is 0 Å². The molecule has 0 amide bonds. The van der Waals surface area contributed by atoms with Crippen LogP contribution in [0.5, 0.6) is 0 Å². The number of carboxylic acid groups (broad SMARTS) is 1. The van der Waals surface area contributed by atoms with Gasteiger partial charge in [-0.2, -0.15) is 0 Å². The third-order valence-electron chi connectivity index (χ3n) is 4.08. The van der Waals surface area contributed by atoms with E-state index in [2.05, 4.69) is 26.5 Å². The molecular formula is C21H19N3O4S. The van der Waals surface area contributed by atoms with Gasteiger partial charge in [-0.05, 0) is 63.1 Å². The third-order valence-corrected chi connectivity index (χ3v) is 6.18. The van der Waals surface area contributed by atoms with E-state index in [-0.39, 0.29) is 11.4 Å². The van der Waals surface area contributed by atoms with Gasteiger partial charge in [-0.15, -0.1) is 0 Å². The Bertz CT molecular complexity index is 1250. The van der Waals surface area contributed by atoms with Crippen LogP contribution in [0.4, 0.5) is 5.69 Å². The van der Waals surface area contributed by atoms with Crippen molar-refractivity contribution in [3.8, 4) is 11.8 Å². The maximum absolute atomic E-state index is 12.6. The summed E-state index contributed by atoms with van der Waals surface area (Å²) in [5.41, 5.74) is 1.45. The van der Waals surface area contributed by atoms with Gasteiger partial charge < -0.3 is 5.11 Å². The van der Waals surface area contributed by atoms with Gasteiger partial charge in [-0.25, -0.2) is 23.2 Å². The van der Waals surface area contributed by atoms with E-state index in [0.29, 0.717) is 22.2 Å². The van der Waals surface area contributed by atoms with Crippen molar-refractivity contribution >= 4 is 32.6 Å². The van der Waals surface area contributed by atoms with Crippen LogP contribution in [0.15, 0.2) is 48.7 Å². The average Bonchev–Trinajstić information content (AvgIpc) is 2.66. The largest absolute Gasteiger partial charge is 0.477 e. The standard InChI is InChI=1S/C21H19N3O4S/c1-21(2,3)29(27,28)24-18-13-19(20(25)26)23-17-10-8-14(12-16(17)18)7-9-15-6-4-5-11-22-15/h4-6,8,10-13H,1-3H3,(H,23,24)(H,25,26). The molecule has 0 fully saturated rings. The fourth-order valence-electron chi connectivity index (χ4n) is 2.37. The quantitative estimate of drug-likeness (QED) is 0.643. The van der Waals surface area contributed by atoms with Crippen LogP contribution in [0.2, 0.25) is 0 Å². The van der Waals surface area contributed by atoms with Gasteiger partial charge in [0.25, 0.3) is 0 Å². The second-order valence-corrected chi connectivity index (χ2v) is 9.71. The summed E-state index contributed by atoms with van der Waals surface area (Å²) >= 11 is 0. The zero-order valence-corrected chi connectivity index (χ0v) is 16.9. The number of nitrogens with zero attached hydrogens (tertiary/aromatic N) is 2. The summed E-state index contributed by atoms with van der Waals surface area (Å²) < 4.78 is 26.7. The molecule has 0 aliphatic rings. The molecule has 0 aliphatic carbocycles. The summed E-state index contributed by atoms with van der Waals surface area (Å²) in [6.07, 6.45) is 1.64. The molecule has 2 heterocycles. The Morgan fingerprint density at radius 2 is 1.86 bits per heavy atom. The van der Waals surface area contributed by atoms with Crippen LogP contribution in [0, 0.1) is 11.8 Å². The van der Waals surface area contributed by atoms with Crippen molar-refractivity contribution < 1.29 is 18.3 Å². The Morgan fingerprint density at radius 1 is 1.10 bits per heavy atom. The minimum atomic E-state index is -3.77. The Kier molecular flexibility index (Phi) is 5.27. The second kappa shape index (κ2) is 7.53. The van der Waals surface area contributed by atoms with E-state index in [9.17, 15) is 18.3 Å². The fraction of sp³-hybridized carbons (Fsp3) is 0.190. The first-order valence-corrected chi connectivity index (χ1v) is 10.2. The smallest absolute Gasteiger partial charge is 0.354 e. The summed E-state index contributed by atoms with van der Waals surface area (Å²) in [6.45, 7) is 4.67. The van der Waals surface area contributed by atoms with Crippen LogP contribution in [0.3, 0.4) is 0 Å².